The number of hydrogen-bond donors (Lipinski definition) is 4. The van der Waals surface area contributed by atoms with Crippen molar-refractivity contribution in [2.24, 2.45) is 0 Å². The zero-order valence-electron chi connectivity index (χ0n) is 8.40. The second-order valence-electron chi connectivity index (χ2n) is 3.67. The Kier molecular flexibility index (Phi) is 4.36. The van der Waals surface area contributed by atoms with Crippen LogP contribution in [0.25, 0.3) is 0 Å². The predicted molar refractivity (Wildman–Crippen MR) is 52.4 cm³/mol. The minimum absolute atomic E-state index is 0.137. The molecule has 86 valence electrons. The van der Waals surface area contributed by atoms with E-state index >= 15 is 0 Å². The molecule has 1 rings (SSSR count). The number of amides is 2. The lowest BCUT2D eigenvalue weighted by atomic mass is 10.2. The van der Waals surface area contributed by atoms with Gasteiger partial charge in [-0.3, -0.25) is 0 Å². The third-order valence-corrected chi connectivity index (χ3v) is 2.48. The molecule has 0 unspecified atom stereocenters. The molecule has 1 saturated carbocycles. The van der Waals surface area contributed by atoms with Crippen LogP contribution in [0.2, 0.25) is 0 Å². The summed E-state index contributed by atoms with van der Waals surface area (Å²) in [5.74, 6) is -1.24. The molecule has 1 aliphatic rings. The molecule has 15 heavy (non-hydrogen) atoms. The lowest BCUT2D eigenvalue weighted by Crippen LogP contribution is -2.49. The van der Waals surface area contributed by atoms with Gasteiger partial charge in [-0.15, -0.1) is 0 Å². The van der Waals surface area contributed by atoms with Crippen molar-refractivity contribution in [2.45, 2.75) is 37.8 Å². The first-order valence-electron chi connectivity index (χ1n) is 5.04. The van der Waals surface area contributed by atoms with Crippen molar-refractivity contribution in [3.05, 3.63) is 0 Å². The molecule has 1 aliphatic carbocycles. The average molecular weight is 216 g/mol. The van der Waals surface area contributed by atoms with Gasteiger partial charge in [0, 0.05) is 6.04 Å². The Balaban J connectivity index is 2.30. The van der Waals surface area contributed by atoms with E-state index < -0.39 is 24.6 Å². The molecule has 0 aromatic heterocycles. The average Bonchev–Trinajstić information content (AvgIpc) is 2.66. The van der Waals surface area contributed by atoms with Crippen LogP contribution in [0.3, 0.4) is 0 Å². The number of aliphatic hydroxyl groups excluding tert-OH is 1. The predicted octanol–water partition coefficient (Wildman–Crippen LogP) is -0.326. The fourth-order valence-corrected chi connectivity index (χ4v) is 1.64. The Bertz CT molecular complexity index is 238. The Morgan fingerprint density at radius 1 is 1.33 bits per heavy atom. The van der Waals surface area contributed by atoms with Crippen molar-refractivity contribution in [1.82, 2.24) is 10.6 Å². The highest BCUT2D eigenvalue weighted by Gasteiger charge is 2.21. The highest BCUT2D eigenvalue weighted by molar-refractivity contribution is 5.82. The first-order valence-corrected chi connectivity index (χ1v) is 5.04. The molecule has 6 heteroatoms. The van der Waals surface area contributed by atoms with Crippen LogP contribution in [0, 0.1) is 0 Å². The van der Waals surface area contributed by atoms with Crippen molar-refractivity contribution in [3.63, 3.8) is 0 Å². The van der Waals surface area contributed by atoms with E-state index in [0.29, 0.717) is 0 Å². The normalized spacial score (nSPS) is 18.5. The van der Waals surface area contributed by atoms with E-state index in [9.17, 15) is 9.59 Å². The number of urea groups is 1. The molecule has 2 amide bonds. The summed E-state index contributed by atoms with van der Waals surface area (Å²) in [6, 6.07) is -1.62. The molecule has 0 spiro atoms. The third kappa shape index (κ3) is 3.75. The minimum atomic E-state index is -1.24. The van der Waals surface area contributed by atoms with Gasteiger partial charge in [0.25, 0.3) is 0 Å². The van der Waals surface area contributed by atoms with Gasteiger partial charge >= 0.3 is 12.0 Å². The Morgan fingerprint density at radius 2 is 1.93 bits per heavy atom. The van der Waals surface area contributed by atoms with Gasteiger partial charge in [0.2, 0.25) is 0 Å². The molecule has 1 fully saturated rings. The third-order valence-electron chi connectivity index (χ3n) is 2.48. The van der Waals surface area contributed by atoms with Gasteiger partial charge in [-0.25, -0.2) is 9.59 Å². The van der Waals surface area contributed by atoms with Gasteiger partial charge in [-0.05, 0) is 12.8 Å². The first kappa shape index (κ1) is 11.8. The Labute approximate surface area is 87.7 Å². The lowest BCUT2D eigenvalue weighted by Gasteiger charge is -2.16. The van der Waals surface area contributed by atoms with Crippen LogP contribution < -0.4 is 10.6 Å². The summed E-state index contributed by atoms with van der Waals surface area (Å²) in [6.45, 7) is -0.604. The van der Waals surface area contributed by atoms with E-state index in [0.717, 1.165) is 25.7 Å². The zero-order valence-corrected chi connectivity index (χ0v) is 8.40. The van der Waals surface area contributed by atoms with Crippen LogP contribution in [-0.2, 0) is 4.79 Å². The van der Waals surface area contributed by atoms with Crippen LogP contribution >= 0.6 is 0 Å². The zero-order chi connectivity index (χ0) is 11.3. The number of rotatable bonds is 4. The van der Waals surface area contributed by atoms with Crippen LogP contribution in [0.5, 0.6) is 0 Å². The monoisotopic (exact) mass is 216 g/mol. The number of carboxylic acids is 1. The quantitative estimate of drug-likeness (QED) is 0.517. The maximum Gasteiger partial charge on any atom is 0.328 e. The molecular formula is C9H16N2O4. The van der Waals surface area contributed by atoms with Crippen LogP contribution in [0.15, 0.2) is 0 Å². The van der Waals surface area contributed by atoms with Crippen molar-refractivity contribution < 1.29 is 19.8 Å². The Morgan fingerprint density at radius 3 is 2.40 bits per heavy atom. The van der Waals surface area contributed by atoms with E-state index in [-0.39, 0.29) is 6.04 Å². The van der Waals surface area contributed by atoms with Crippen LogP contribution in [0.4, 0.5) is 4.79 Å². The first-order chi connectivity index (χ1) is 7.13. The van der Waals surface area contributed by atoms with Crippen molar-refractivity contribution in [3.8, 4) is 0 Å². The van der Waals surface area contributed by atoms with Gasteiger partial charge in [0.15, 0.2) is 6.04 Å². The number of nitrogens with one attached hydrogen (secondary N) is 2. The number of carboxylic acid groups (broad SMARTS) is 1. The van der Waals surface area contributed by atoms with Crippen LogP contribution in [0.1, 0.15) is 25.7 Å². The molecule has 0 aliphatic heterocycles. The number of aliphatic carboxylic acids is 1. The molecule has 0 heterocycles. The molecule has 1 atom stereocenters. The lowest BCUT2D eigenvalue weighted by molar-refractivity contribution is -0.140. The maximum atomic E-state index is 11.3. The van der Waals surface area contributed by atoms with Gasteiger partial charge in [-0.1, -0.05) is 12.8 Å². The van der Waals surface area contributed by atoms with E-state index in [1.165, 1.54) is 0 Å². The molecule has 0 aromatic rings. The standard InChI is InChI=1S/C9H16N2O4/c12-5-7(8(13)14)11-9(15)10-6-3-1-2-4-6/h6-7,12H,1-5H2,(H,13,14)(H2,10,11,15)/t7-/m1/s1. The highest BCUT2D eigenvalue weighted by atomic mass is 16.4. The van der Waals surface area contributed by atoms with E-state index in [4.69, 9.17) is 10.2 Å². The van der Waals surface area contributed by atoms with E-state index in [1.807, 2.05) is 0 Å². The summed E-state index contributed by atoms with van der Waals surface area (Å²) in [7, 11) is 0. The smallest absolute Gasteiger partial charge is 0.328 e. The molecule has 6 nitrogen and oxygen atoms in total. The number of carbonyl (C=O) groups is 2. The Hall–Kier alpha value is -1.30. The molecule has 4 N–H and O–H groups in total. The highest BCUT2D eigenvalue weighted by Crippen LogP contribution is 2.17. The SMILES string of the molecule is O=C(NC1CCCC1)N[C@H](CO)C(=O)O. The second-order valence-corrected chi connectivity index (χ2v) is 3.67. The van der Waals surface area contributed by atoms with Gasteiger partial charge in [0.05, 0.1) is 6.61 Å². The summed E-state index contributed by atoms with van der Waals surface area (Å²) in [4.78, 5) is 21.8. The van der Waals surface area contributed by atoms with Gasteiger partial charge in [-0.2, -0.15) is 0 Å². The summed E-state index contributed by atoms with van der Waals surface area (Å²) < 4.78 is 0. The van der Waals surface area contributed by atoms with Gasteiger partial charge in [0.1, 0.15) is 0 Å². The fourth-order valence-electron chi connectivity index (χ4n) is 1.64. The summed E-state index contributed by atoms with van der Waals surface area (Å²) in [5, 5.41) is 22.1. The van der Waals surface area contributed by atoms with E-state index in [1.54, 1.807) is 0 Å². The van der Waals surface area contributed by atoms with Crippen molar-refractivity contribution in [1.29, 1.82) is 0 Å². The molecular weight excluding hydrogens is 200 g/mol. The molecule has 0 bridgehead atoms. The van der Waals surface area contributed by atoms with Crippen molar-refractivity contribution in [2.75, 3.05) is 6.61 Å². The fraction of sp³-hybridized carbons (Fsp3) is 0.778. The molecule has 0 radical (unpaired) electrons. The molecule has 0 aromatic carbocycles. The minimum Gasteiger partial charge on any atom is -0.480 e. The number of aliphatic hydroxyl groups is 1. The summed E-state index contributed by atoms with van der Waals surface area (Å²) in [6.07, 6.45) is 4.05. The largest absolute Gasteiger partial charge is 0.480 e. The van der Waals surface area contributed by atoms with E-state index in [2.05, 4.69) is 10.6 Å². The summed E-state index contributed by atoms with van der Waals surface area (Å²) >= 11 is 0. The van der Waals surface area contributed by atoms with Crippen LogP contribution in [-0.4, -0.2) is 40.9 Å². The second kappa shape index (κ2) is 5.55. The number of carbonyl (C=O) groups excluding carboxylic acids is 1. The topological polar surface area (TPSA) is 98.7 Å². The van der Waals surface area contributed by atoms with Crippen molar-refractivity contribution >= 4 is 12.0 Å². The maximum absolute atomic E-state index is 11.3. The van der Waals surface area contributed by atoms with Gasteiger partial charge < -0.3 is 20.8 Å². The number of hydrogen-bond acceptors (Lipinski definition) is 3. The molecule has 0 saturated heterocycles. The summed E-state index contributed by atoms with van der Waals surface area (Å²) in [5.41, 5.74) is 0.